The monoisotopic (exact) mass is 348 g/mol. The van der Waals surface area contributed by atoms with E-state index in [9.17, 15) is 9.59 Å². The number of piperazine rings is 1. The van der Waals surface area contributed by atoms with E-state index in [-0.39, 0.29) is 36.0 Å². The van der Waals surface area contributed by atoms with E-state index in [0.717, 1.165) is 38.6 Å². The molecule has 0 aromatic rings. The second-order valence-corrected chi connectivity index (χ2v) is 8.45. The van der Waals surface area contributed by atoms with Gasteiger partial charge in [-0.1, -0.05) is 19.3 Å². The summed E-state index contributed by atoms with van der Waals surface area (Å²) in [6.45, 7) is 5.52. The first-order valence-corrected chi connectivity index (χ1v) is 10.2. The number of nitrogens with zero attached hydrogens (tertiary/aromatic N) is 3. The Labute approximate surface area is 150 Å². The minimum atomic E-state index is -0.0678. The van der Waals surface area contributed by atoms with Gasteiger partial charge in [-0.25, -0.2) is 10.4 Å². The molecular weight excluding hydrogens is 316 g/mol. The smallest absolute Gasteiger partial charge is 0.241 e. The second kappa shape index (κ2) is 6.88. The lowest BCUT2D eigenvalue weighted by atomic mass is 9.84. The first-order valence-electron chi connectivity index (χ1n) is 10.2. The van der Waals surface area contributed by atoms with Gasteiger partial charge in [0.25, 0.3) is 0 Å². The summed E-state index contributed by atoms with van der Waals surface area (Å²) >= 11 is 0. The first kappa shape index (κ1) is 17.3. The Kier molecular flexibility index (Phi) is 4.75. The quantitative estimate of drug-likeness (QED) is 0.780. The molecule has 3 saturated heterocycles. The normalized spacial score (nSPS) is 39.0. The van der Waals surface area contributed by atoms with Crippen molar-refractivity contribution in [2.75, 3.05) is 13.1 Å². The van der Waals surface area contributed by atoms with E-state index in [1.807, 2.05) is 0 Å². The minimum absolute atomic E-state index is 0.0678. The van der Waals surface area contributed by atoms with Gasteiger partial charge in [-0.2, -0.15) is 0 Å². The zero-order chi connectivity index (χ0) is 17.6. The lowest BCUT2D eigenvalue weighted by molar-refractivity contribution is -0.154. The minimum Gasteiger partial charge on any atom is -0.334 e. The third kappa shape index (κ3) is 3.08. The van der Waals surface area contributed by atoms with Crippen LogP contribution in [0.15, 0.2) is 0 Å². The molecule has 3 aliphatic heterocycles. The Balaban J connectivity index is 1.51. The van der Waals surface area contributed by atoms with Gasteiger partial charge >= 0.3 is 0 Å². The number of hydrazine groups is 1. The molecule has 3 heterocycles. The molecule has 0 radical (unpaired) electrons. The average molecular weight is 348 g/mol. The standard InChI is InChI=1S/C19H32N4O2/c1-13-12-21(17-8-3-4-9-18(17)23(13)14(2)24)19(25)16-11-15-7-5-6-10-22(15)20-16/h13,15-18,20H,3-12H2,1-2H3/t13-,15?,16?,17?,18?/m0/s1. The fraction of sp³-hybridized carbons (Fsp3) is 0.895. The molecule has 6 nitrogen and oxygen atoms in total. The summed E-state index contributed by atoms with van der Waals surface area (Å²) in [6, 6.07) is 0.996. The topological polar surface area (TPSA) is 55.9 Å². The Bertz CT molecular complexity index is 526. The van der Waals surface area contributed by atoms with Gasteiger partial charge in [0.05, 0.1) is 12.1 Å². The fourth-order valence-electron chi connectivity index (χ4n) is 5.71. The molecule has 4 fully saturated rings. The summed E-state index contributed by atoms with van der Waals surface area (Å²) in [5, 5.41) is 2.31. The van der Waals surface area contributed by atoms with Crippen LogP contribution in [0.3, 0.4) is 0 Å². The lowest BCUT2D eigenvalue weighted by Crippen LogP contribution is -2.67. The van der Waals surface area contributed by atoms with Crippen LogP contribution in [0.2, 0.25) is 0 Å². The van der Waals surface area contributed by atoms with E-state index in [1.165, 1.54) is 19.3 Å². The largest absolute Gasteiger partial charge is 0.334 e. The number of piperidine rings is 1. The molecule has 1 N–H and O–H groups in total. The number of amides is 2. The van der Waals surface area contributed by atoms with Crippen molar-refractivity contribution < 1.29 is 9.59 Å². The average Bonchev–Trinajstić information content (AvgIpc) is 3.04. The van der Waals surface area contributed by atoms with E-state index in [2.05, 4.69) is 27.2 Å². The van der Waals surface area contributed by atoms with Gasteiger partial charge in [-0.3, -0.25) is 9.59 Å². The number of carbonyl (C=O) groups excluding carboxylic acids is 2. The number of hydrogen-bond donors (Lipinski definition) is 1. The summed E-state index contributed by atoms with van der Waals surface area (Å²) in [5.74, 6) is 0.425. The highest BCUT2D eigenvalue weighted by atomic mass is 16.2. The molecule has 0 aromatic carbocycles. The van der Waals surface area contributed by atoms with Crippen LogP contribution in [0.1, 0.15) is 65.2 Å². The van der Waals surface area contributed by atoms with Gasteiger partial charge in [-0.15, -0.1) is 0 Å². The predicted octanol–water partition coefficient (Wildman–Crippen LogP) is 1.51. The summed E-state index contributed by atoms with van der Waals surface area (Å²) in [5.41, 5.74) is 3.50. The van der Waals surface area contributed by atoms with E-state index < -0.39 is 0 Å². The van der Waals surface area contributed by atoms with Crippen LogP contribution in [0, 0.1) is 0 Å². The number of nitrogens with one attached hydrogen (secondary N) is 1. The second-order valence-electron chi connectivity index (χ2n) is 8.45. The van der Waals surface area contributed by atoms with Crippen molar-refractivity contribution in [1.29, 1.82) is 0 Å². The molecule has 1 aliphatic carbocycles. The van der Waals surface area contributed by atoms with Gasteiger partial charge < -0.3 is 9.80 Å². The van der Waals surface area contributed by atoms with E-state index in [4.69, 9.17) is 0 Å². The van der Waals surface area contributed by atoms with Gasteiger partial charge in [0, 0.05) is 32.1 Å². The van der Waals surface area contributed by atoms with Gasteiger partial charge in [-0.05, 0) is 39.0 Å². The van der Waals surface area contributed by atoms with Crippen molar-refractivity contribution in [3.63, 3.8) is 0 Å². The Morgan fingerprint density at radius 3 is 2.44 bits per heavy atom. The maximum atomic E-state index is 13.4. The van der Waals surface area contributed by atoms with Crippen molar-refractivity contribution in [3.8, 4) is 0 Å². The Morgan fingerprint density at radius 2 is 1.72 bits per heavy atom. The molecular formula is C19H32N4O2. The van der Waals surface area contributed by atoms with Crippen molar-refractivity contribution in [1.82, 2.24) is 20.2 Å². The zero-order valence-corrected chi connectivity index (χ0v) is 15.6. The molecule has 25 heavy (non-hydrogen) atoms. The molecule has 1 saturated carbocycles. The third-order valence-corrected chi connectivity index (χ3v) is 6.79. The molecule has 140 valence electrons. The van der Waals surface area contributed by atoms with Crippen LogP contribution in [-0.2, 0) is 9.59 Å². The number of rotatable bonds is 1. The Morgan fingerprint density at radius 1 is 1.00 bits per heavy atom. The lowest BCUT2D eigenvalue weighted by Gasteiger charge is -2.53. The number of hydrogen-bond acceptors (Lipinski definition) is 4. The first-order chi connectivity index (χ1) is 12.1. The van der Waals surface area contributed by atoms with Crippen molar-refractivity contribution in [2.45, 2.75) is 95.4 Å². The molecule has 4 unspecified atom stereocenters. The maximum absolute atomic E-state index is 13.4. The van der Waals surface area contributed by atoms with Crippen LogP contribution in [-0.4, -0.2) is 69.9 Å². The third-order valence-electron chi connectivity index (χ3n) is 6.79. The predicted molar refractivity (Wildman–Crippen MR) is 95.6 cm³/mol. The summed E-state index contributed by atoms with van der Waals surface area (Å²) < 4.78 is 0. The van der Waals surface area contributed by atoms with Crippen molar-refractivity contribution >= 4 is 11.8 Å². The molecule has 0 aromatic heterocycles. The van der Waals surface area contributed by atoms with Crippen LogP contribution in [0.4, 0.5) is 0 Å². The van der Waals surface area contributed by atoms with Crippen LogP contribution >= 0.6 is 0 Å². The highest BCUT2D eigenvalue weighted by Gasteiger charge is 2.47. The van der Waals surface area contributed by atoms with Crippen LogP contribution in [0.25, 0.3) is 0 Å². The molecule has 5 atom stereocenters. The maximum Gasteiger partial charge on any atom is 0.241 e. The highest BCUT2D eigenvalue weighted by Crippen LogP contribution is 2.34. The van der Waals surface area contributed by atoms with Crippen LogP contribution < -0.4 is 5.43 Å². The van der Waals surface area contributed by atoms with E-state index in [0.29, 0.717) is 12.6 Å². The molecule has 0 bridgehead atoms. The van der Waals surface area contributed by atoms with Gasteiger partial charge in [0.15, 0.2) is 0 Å². The fourth-order valence-corrected chi connectivity index (χ4v) is 5.71. The molecule has 6 heteroatoms. The molecule has 0 spiro atoms. The Hall–Kier alpha value is -1.14. The summed E-state index contributed by atoms with van der Waals surface area (Å²) in [6.07, 6.45) is 9.05. The van der Waals surface area contributed by atoms with Crippen molar-refractivity contribution in [2.24, 2.45) is 0 Å². The number of fused-ring (bicyclic) bond motifs is 2. The van der Waals surface area contributed by atoms with E-state index in [1.54, 1.807) is 6.92 Å². The van der Waals surface area contributed by atoms with E-state index >= 15 is 0 Å². The highest BCUT2D eigenvalue weighted by molar-refractivity contribution is 5.83. The summed E-state index contributed by atoms with van der Waals surface area (Å²) in [7, 11) is 0. The van der Waals surface area contributed by atoms with Crippen LogP contribution in [0.5, 0.6) is 0 Å². The molecule has 4 rings (SSSR count). The molecule has 2 amide bonds. The van der Waals surface area contributed by atoms with Gasteiger partial charge in [0.1, 0.15) is 6.04 Å². The summed E-state index contributed by atoms with van der Waals surface area (Å²) in [4.78, 5) is 29.7. The SMILES string of the molecule is CC(=O)N1C2CCCCC2N(C(=O)C2CC3CCCCN3N2)C[C@@H]1C. The zero-order valence-electron chi connectivity index (χ0n) is 15.6. The number of carbonyl (C=O) groups is 2. The van der Waals surface area contributed by atoms with Crippen molar-refractivity contribution in [3.05, 3.63) is 0 Å². The molecule has 4 aliphatic rings. The van der Waals surface area contributed by atoms with Gasteiger partial charge in [0.2, 0.25) is 11.8 Å².